The molecule has 20 heteroatoms. The molecule has 0 bridgehead atoms. The molecule has 118 heavy (non-hydrogen) atoms. The van der Waals surface area contributed by atoms with Crippen molar-refractivity contribution in [3.8, 4) is 0 Å². The summed E-state index contributed by atoms with van der Waals surface area (Å²) in [5, 5.41) is 76.0. The van der Waals surface area contributed by atoms with Crippen molar-refractivity contribution < 1.29 is 39.5 Å². The van der Waals surface area contributed by atoms with E-state index in [1.165, 1.54) is 119 Å². The van der Waals surface area contributed by atoms with E-state index in [0.29, 0.717) is 107 Å². The molecule has 16 saturated carbocycles. The maximum atomic E-state index is 13.2. The van der Waals surface area contributed by atoms with Crippen molar-refractivity contribution in [2.24, 2.45) is 176 Å². The second-order valence-electron chi connectivity index (χ2n) is 45.6. The molecule has 0 spiro atoms. The third kappa shape index (κ3) is 15.7. The minimum atomic E-state index is -0.542. The Morgan fingerprint density at radius 1 is 0.364 bits per heavy atom. The normalized spacial score (nSPS) is 48.5. The number of nitrogens with zero attached hydrogens (tertiary/aromatic N) is 12. The zero-order valence-corrected chi connectivity index (χ0v) is 74.4. The molecule has 4 heterocycles. The summed E-state index contributed by atoms with van der Waals surface area (Å²) in [4.78, 5) is 29.7. The molecule has 0 aromatic carbocycles. The standard InChI is InChI=1S/2C25H39N3O.2C24H37N3O3/c1-16(15-28-12-11-26-27-28)22-7-8-23-20-6-5-18-14-25(4,29)17(2)13-21(18)19(20)9-10-24(22,23)3;1-16(15-28-26-11-12-27-28)22-7-8-23-20-6-5-18-14-25(4,29)17(2)13-21(18)19(20)9-10-24(22,23)3;1-23(29)8-6-16-15-7-9-24(2)19(17(15)12-22(30-3)18(16)13-23)4-5-20(24)21(28)14-27-11-10-25-26-27;1-23(29)8-6-16-15-7-9-24(2)19(17(15)12-22(30-3)18(16)13-23)4-5-20(24)21(28)14-27-25-10-11-26-27/h2*11-12,17-23,29H,1,5-10,13-15H2,2-4H3;2*10-11,15-20,22,29H,4-9,12-14H2,1-3H3/t2*17-,18-,19-,20+,21-,22+,23-,24+,25-;2*15-,16-,17-,18+,19+,20-,22-,23-,24+/m0011/s1. The Hall–Kier alpha value is -4.86. The Kier molecular flexibility index (Phi) is 23.8. The number of carbonyl (C=O) groups is 2. The molecule has 0 radical (unpaired) electrons. The van der Waals surface area contributed by atoms with Gasteiger partial charge in [0.05, 0.1) is 84.9 Å². The highest BCUT2D eigenvalue weighted by atomic mass is 16.5. The van der Waals surface area contributed by atoms with Crippen LogP contribution in [0.1, 0.15) is 275 Å². The number of fused-ring (bicyclic) bond motifs is 20. The quantitative estimate of drug-likeness (QED) is 0.0856. The Morgan fingerprint density at radius 2 is 0.703 bits per heavy atom. The Labute approximate surface area is 706 Å². The molecule has 0 aliphatic heterocycles. The van der Waals surface area contributed by atoms with Gasteiger partial charge in [0.25, 0.3) is 0 Å². The number of aliphatic hydroxyl groups is 4. The van der Waals surface area contributed by atoms with Crippen molar-refractivity contribution in [1.29, 1.82) is 0 Å². The average molecular weight is 1630 g/mol. The number of allylic oxidation sites excluding steroid dienone is 2. The zero-order valence-electron chi connectivity index (χ0n) is 74.4. The highest BCUT2D eigenvalue weighted by molar-refractivity contribution is 5.82. The van der Waals surface area contributed by atoms with Crippen molar-refractivity contribution in [3.05, 3.63) is 73.9 Å². The lowest BCUT2D eigenvalue weighted by molar-refractivity contribution is -0.155. The molecule has 4 aromatic rings. The Balaban J connectivity index is 0.000000113. The largest absolute Gasteiger partial charge is 0.390 e. The molecule has 16 aliphatic rings. The summed E-state index contributed by atoms with van der Waals surface area (Å²) in [5.41, 5.74) is 1.72. The topological polar surface area (TPSA) is 256 Å². The SMILES string of the molecule is C=C(Cn1ccnn1)[C@H]1CC[C@H]2[C@@H]3CC[C@H]4C[C@](C)(O)[C@@H](C)C[C@@H]4[C@H]3CC[C@]12C.C=C(Cn1nccn1)[C@H]1CC[C@H]2[C@@H]3CC[C@H]4C[C@](C)(O)[C@@H](C)C[C@@H]4[C@H]3CC[C@]12C.CO[C@@H]1C[C@@H]2[C@H](CC[C@]3(C)[C@@H](C(=O)Cn4ccnn4)CC[C@@H]23)[C@H]2CC[C@@](C)(O)C[C@@H]21.CO[C@@H]1C[C@@H]2[C@H](CC[C@]3(C)[C@@H](C(=O)Cn4nccn4)CC[C@@H]23)[C@H]2CC[C@@](C)(O)C[C@@H]21. The number of rotatable bonds is 14. The summed E-state index contributed by atoms with van der Waals surface area (Å²) in [6.07, 6.45) is 52.4. The van der Waals surface area contributed by atoms with Crippen LogP contribution >= 0.6 is 0 Å². The summed E-state index contributed by atoms with van der Waals surface area (Å²) in [7, 11) is 3.71. The summed E-state index contributed by atoms with van der Waals surface area (Å²) >= 11 is 0. The van der Waals surface area contributed by atoms with Crippen molar-refractivity contribution in [2.45, 2.75) is 335 Å². The van der Waals surface area contributed by atoms with Crippen LogP contribution in [0.5, 0.6) is 0 Å². The highest BCUT2D eigenvalue weighted by Gasteiger charge is 2.65. The van der Waals surface area contributed by atoms with E-state index in [1.807, 2.05) is 38.9 Å². The first-order valence-electron chi connectivity index (χ1n) is 48.0. The van der Waals surface area contributed by atoms with Crippen LogP contribution in [0.3, 0.4) is 0 Å². The van der Waals surface area contributed by atoms with Crippen LogP contribution in [0.2, 0.25) is 0 Å². The molecule has 0 unspecified atom stereocenters. The van der Waals surface area contributed by atoms with Gasteiger partial charge in [0.2, 0.25) is 0 Å². The Bertz CT molecular complexity index is 3850. The van der Waals surface area contributed by atoms with Crippen LogP contribution < -0.4 is 0 Å². The fraction of sp³-hybridized carbons (Fsp3) is 0.857. The van der Waals surface area contributed by atoms with Gasteiger partial charge in [0, 0.05) is 38.4 Å². The van der Waals surface area contributed by atoms with Crippen LogP contribution in [0.25, 0.3) is 0 Å². The number of methoxy groups -OCH3 is 2. The lowest BCUT2D eigenvalue weighted by Crippen LogP contribution is -2.55. The molecular formula is C98H152N12O8. The molecule has 4 N–H and O–H groups in total. The second kappa shape index (κ2) is 32.9. The third-order valence-electron chi connectivity index (χ3n) is 39.9. The molecule has 16 aliphatic carbocycles. The van der Waals surface area contributed by atoms with Crippen LogP contribution in [-0.2, 0) is 45.2 Å². The van der Waals surface area contributed by atoms with Gasteiger partial charge >= 0.3 is 0 Å². The number of hydrogen-bond donors (Lipinski definition) is 4. The first-order valence-corrected chi connectivity index (χ1v) is 48.0. The van der Waals surface area contributed by atoms with Crippen molar-refractivity contribution in [1.82, 2.24) is 60.0 Å². The van der Waals surface area contributed by atoms with Gasteiger partial charge in [-0.1, -0.05) is 76.3 Å². The van der Waals surface area contributed by atoms with Gasteiger partial charge in [0.1, 0.15) is 13.1 Å². The zero-order chi connectivity index (χ0) is 83.0. The van der Waals surface area contributed by atoms with E-state index in [4.69, 9.17) is 9.47 Å². The molecule has 20 nitrogen and oxygen atoms in total. The van der Waals surface area contributed by atoms with Crippen LogP contribution in [0.4, 0.5) is 0 Å². The number of ether oxygens (including phenoxy) is 2. The van der Waals surface area contributed by atoms with Gasteiger partial charge < -0.3 is 29.9 Å². The maximum Gasteiger partial charge on any atom is 0.159 e. The number of ketones is 2. The molecule has 36 atom stereocenters. The Morgan fingerprint density at radius 3 is 1.10 bits per heavy atom. The van der Waals surface area contributed by atoms with Gasteiger partial charge in [0.15, 0.2) is 11.6 Å². The van der Waals surface area contributed by atoms with E-state index in [2.05, 4.69) is 110 Å². The highest BCUT2D eigenvalue weighted by Crippen LogP contribution is 2.71. The van der Waals surface area contributed by atoms with E-state index < -0.39 is 22.4 Å². The van der Waals surface area contributed by atoms with E-state index in [0.717, 1.165) is 187 Å². The van der Waals surface area contributed by atoms with Crippen molar-refractivity contribution in [2.75, 3.05) is 14.2 Å². The van der Waals surface area contributed by atoms with E-state index in [1.54, 1.807) is 52.9 Å². The van der Waals surface area contributed by atoms with E-state index >= 15 is 0 Å². The first kappa shape index (κ1) is 85.3. The molecule has 0 saturated heterocycles. The first-order chi connectivity index (χ1) is 56.2. The van der Waals surface area contributed by atoms with Gasteiger partial charge in [-0.05, 0) is 397 Å². The molecule has 20 rings (SSSR count). The molecule has 652 valence electrons. The lowest BCUT2D eigenvalue weighted by Gasteiger charge is -2.58. The maximum absolute atomic E-state index is 13.2. The van der Waals surface area contributed by atoms with Crippen LogP contribution in [0.15, 0.2) is 73.9 Å². The van der Waals surface area contributed by atoms with Crippen LogP contribution in [0, 0.1) is 176 Å². The molecule has 0 amide bonds. The number of aromatic nitrogens is 12. The fourth-order valence-electron chi connectivity index (χ4n) is 33.9. The minimum Gasteiger partial charge on any atom is -0.390 e. The molecule has 4 aromatic heterocycles. The van der Waals surface area contributed by atoms with E-state index in [9.17, 15) is 30.0 Å². The van der Waals surface area contributed by atoms with Crippen molar-refractivity contribution >= 4 is 11.6 Å². The third-order valence-corrected chi connectivity index (χ3v) is 39.9. The predicted molar refractivity (Wildman–Crippen MR) is 455 cm³/mol. The van der Waals surface area contributed by atoms with Gasteiger partial charge in [-0.15, -0.1) is 10.2 Å². The number of hydrogen-bond acceptors (Lipinski definition) is 16. The summed E-state index contributed by atoms with van der Waals surface area (Å²) in [5.74, 6) is 17.8. The van der Waals surface area contributed by atoms with Gasteiger partial charge in [-0.3, -0.25) is 9.59 Å². The van der Waals surface area contributed by atoms with Gasteiger partial charge in [-0.2, -0.15) is 30.0 Å². The summed E-state index contributed by atoms with van der Waals surface area (Å²) in [6, 6.07) is 0. The summed E-state index contributed by atoms with van der Waals surface area (Å²) in [6.45, 7) is 34.0. The van der Waals surface area contributed by atoms with E-state index in [-0.39, 0.29) is 34.9 Å². The molecule has 16 fully saturated rings. The number of Topliss-reactive ketones (excluding diaryl/α,β-unsaturated/α-hetero) is 2. The van der Waals surface area contributed by atoms with Crippen molar-refractivity contribution in [3.63, 3.8) is 0 Å². The number of carbonyl (C=O) groups excluding carboxylic acids is 2. The van der Waals surface area contributed by atoms with Gasteiger partial charge in [-0.25, -0.2) is 9.36 Å². The monoisotopic (exact) mass is 1630 g/mol. The average Bonchev–Trinajstić information content (AvgIpc) is 1.48. The smallest absolute Gasteiger partial charge is 0.159 e. The molecular weight excluding hydrogens is 1470 g/mol. The lowest BCUT2D eigenvalue weighted by atomic mass is 9.48. The summed E-state index contributed by atoms with van der Waals surface area (Å²) < 4.78 is 15.7. The fourth-order valence-corrected chi connectivity index (χ4v) is 33.9. The second-order valence-corrected chi connectivity index (χ2v) is 45.6. The predicted octanol–water partition coefficient (Wildman–Crippen LogP) is 17.2. The minimum absolute atomic E-state index is 0.0939. The van der Waals surface area contributed by atoms with Crippen LogP contribution in [-0.4, -0.2) is 141 Å².